The Labute approximate surface area is 105 Å². The van der Waals surface area contributed by atoms with E-state index in [4.69, 9.17) is 5.73 Å². The molecule has 0 amide bonds. The third kappa shape index (κ3) is 5.42. The number of rotatable bonds is 6. The maximum atomic E-state index is 11.6. The van der Waals surface area contributed by atoms with Crippen LogP contribution in [-0.4, -0.2) is 11.8 Å². The molecule has 16 heavy (non-hydrogen) atoms. The van der Waals surface area contributed by atoms with E-state index in [9.17, 15) is 4.79 Å². The van der Waals surface area contributed by atoms with E-state index in [1.807, 2.05) is 31.2 Å². The fraction of sp³-hybridized carbons (Fsp3) is 0.462. The van der Waals surface area contributed by atoms with E-state index in [1.54, 1.807) is 0 Å². The monoisotopic (exact) mass is 283 g/mol. The molecule has 0 saturated carbocycles. The second-order valence-corrected chi connectivity index (χ2v) is 5.13. The lowest BCUT2D eigenvalue weighted by atomic mass is 10.0. The maximum absolute atomic E-state index is 11.6. The second kappa shape index (κ2) is 6.81. The van der Waals surface area contributed by atoms with Gasteiger partial charge < -0.3 is 5.73 Å². The van der Waals surface area contributed by atoms with E-state index in [0.29, 0.717) is 18.6 Å². The third-order valence-corrected chi connectivity index (χ3v) is 2.90. The number of hydrogen-bond donors (Lipinski definition) is 1. The smallest absolute Gasteiger partial charge is 0.137 e. The van der Waals surface area contributed by atoms with Crippen LogP contribution in [0.2, 0.25) is 0 Å². The fourth-order valence-corrected chi connectivity index (χ4v) is 2.03. The van der Waals surface area contributed by atoms with Crippen LogP contribution in [0, 0.1) is 0 Å². The first-order chi connectivity index (χ1) is 7.58. The molecular weight excluding hydrogens is 266 g/mol. The molecule has 88 valence electrons. The van der Waals surface area contributed by atoms with Crippen LogP contribution in [0.4, 0.5) is 0 Å². The summed E-state index contributed by atoms with van der Waals surface area (Å²) in [7, 11) is 0. The lowest BCUT2D eigenvalue weighted by Crippen LogP contribution is -2.15. The molecule has 1 aromatic carbocycles. The van der Waals surface area contributed by atoms with Gasteiger partial charge in [0.1, 0.15) is 5.78 Å². The van der Waals surface area contributed by atoms with Crippen LogP contribution >= 0.6 is 15.9 Å². The summed E-state index contributed by atoms with van der Waals surface area (Å²) in [6.07, 6.45) is 2.97. The Morgan fingerprint density at radius 2 is 2.25 bits per heavy atom. The first kappa shape index (κ1) is 13.4. The van der Waals surface area contributed by atoms with Gasteiger partial charge in [0.05, 0.1) is 0 Å². The Morgan fingerprint density at radius 1 is 1.50 bits per heavy atom. The maximum Gasteiger partial charge on any atom is 0.137 e. The Bertz CT molecular complexity index is 350. The van der Waals surface area contributed by atoms with Crippen molar-refractivity contribution in [1.29, 1.82) is 0 Å². The molecule has 0 spiro atoms. The van der Waals surface area contributed by atoms with E-state index < -0.39 is 0 Å². The summed E-state index contributed by atoms with van der Waals surface area (Å²) in [6, 6.07) is 8.08. The standard InChI is InChI=1S/C13H18BrNO/c1-10(15)4-2-7-13(16)9-11-5-3-6-12(14)8-11/h3,5-6,8,10H,2,4,7,9,15H2,1H3. The molecule has 0 saturated heterocycles. The van der Waals surface area contributed by atoms with Crippen molar-refractivity contribution in [3.05, 3.63) is 34.3 Å². The van der Waals surface area contributed by atoms with Gasteiger partial charge >= 0.3 is 0 Å². The van der Waals surface area contributed by atoms with Gasteiger partial charge in [-0.2, -0.15) is 0 Å². The second-order valence-electron chi connectivity index (χ2n) is 4.21. The SMILES string of the molecule is CC(N)CCCC(=O)Cc1cccc(Br)c1. The van der Waals surface area contributed by atoms with E-state index >= 15 is 0 Å². The zero-order valence-corrected chi connectivity index (χ0v) is 11.2. The minimum Gasteiger partial charge on any atom is -0.328 e. The summed E-state index contributed by atoms with van der Waals surface area (Å²) in [5, 5.41) is 0. The van der Waals surface area contributed by atoms with Crippen molar-refractivity contribution in [1.82, 2.24) is 0 Å². The van der Waals surface area contributed by atoms with E-state index in [1.165, 1.54) is 0 Å². The number of carbonyl (C=O) groups is 1. The van der Waals surface area contributed by atoms with E-state index in [-0.39, 0.29) is 6.04 Å². The van der Waals surface area contributed by atoms with Crippen molar-refractivity contribution >= 4 is 21.7 Å². The quantitative estimate of drug-likeness (QED) is 0.872. The predicted octanol–water partition coefficient (Wildman–Crippen LogP) is 3.08. The highest BCUT2D eigenvalue weighted by Gasteiger charge is 2.04. The summed E-state index contributed by atoms with van der Waals surface area (Å²) in [5.41, 5.74) is 6.70. The highest BCUT2D eigenvalue weighted by Crippen LogP contribution is 2.13. The van der Waals surface area contributed by atoms with Gasteiger partial charge in [0, 0.05) is 23.4 Å². The minimum atomic E-state index is 0.193. The molecule has 1 atom stereocenters. The molecular formula is C13H18BrNO. The average molecular weight is 284 g/mol. The summed E-state index contributed by atoms with van der Waals surface area (Å²) in [5.74, 6) is 0.291. The summed E-state index contributed by atoms with van der Waals surface area (Å²) >= 11 is 3.40. The molecule has 0 bridgehead atoms. The highest BCUT2D eigenvalue weighted by atomic mass is 79.9. The van der Waals surface area contributed by atoms with Crippen molar-refractivity contribution < 1.29 is 4.79 Å². The summed E-state index contributed by atoms with van der Waals surface area (Å²) < 4.78 is 1.02. The van der Waals surface area contributed by atoms with Crippen molar-refractivity contribution in [3.8, 4) is 0 Å². The Hall–Kier alpha value is -0.670. The van der Waals surface area contributed by atoms with Crippen LogP contribution in [0.5, 0.6) is 0 Å². The van der Waals surface area contributed by atoms with Gasteiger partial charge in [0.15, 0.2) is 0 Å². The van der Waals surface area contributed by atoms with Gasteiger partial charge in [0.2, 0.25) is 0 Å². The number of Topliss-reactive ketones (excluding diaryl/α,β-unsaturated/α-hetero) is 1. The zero-order valence-electron chi connectivity index (χ0n) is 9.58. The first-order valence-electron chi connectivity index (χ1n) is 5.59. The van der Waals surface area contributed by atoms with E-state index in [2.05, 4.69) is 15.9 Å². The van der Waals surface area contributed by atoms with Gasteiger partial charge in [0.25, 0.3) is 0 Å². The molecule has 2 nitrogen and oxygen atoms in total. The van der Waals surface area contributed by atoms with Gasteiger partial charge in [-0.1, -0.05) is 28.1 Å². The molecule has 1 unspecified atom stereocenters. The molecule has 0 heterocycles. The highest BCUT2D eigenvalue weighted by molar-refractivity contribution is 9.10. The topological polar surface area (TPSA) is 43.1 Å². The van der Waals surface area contributed by atoms with Crippen LogP contribution in [-0.2, 0) is 11.2 Å². The van der Waals surface area contributed by atoms with Crippen molar-refractivity contribution in [2.24, 2.45) is 5.73 Å². The molecule has 0 aromatic heterocycles. The molecule has 3 heteroatoms. The van der Waals surface area contributed by atoms with Crippen LogP contribution in [0.1, 0.15) is 31.7 Å². The molecule has 0 radical (unpaired) electrons. The van der Waals surface area contributed by atoms with Crippen LogP contribution in [0.25, 0.3) is 0 Å². The molecule has 0 aliphatic heterocycles. The normalized spacial score (nSPS) is 12.4. The molecule has 1 rings (SSSR count). The molecule has 2 N–H and O–H groups in total. The number of nitrogens with two attached hydrogens (primary N) is 1. The lowest BCUT2D eigenvalue weighted by Gasteiger charge is -2.04. The predicted molar refractivity (Wildman–Crippen MR) is 70.4 cm³/mol. The van der Waals surface area contributed by atoms with Gasteiger partial charge in [-0.15, -0.1) is 0 Å². The van der Waals surface area contributed by atoms with Gasteiger partial charge in [-0.05, 0) is 37.5 Å². The van der Waals surface area contributed by atoms with Gasteiger partial charge in [-0.25, -0.2) is 0 Å². The molecule has 1 aromatic rings. The van der Waals surface area contributed by atoms with Crippen molar-refractivity contribution in [3.63, 3.8) is 0 Å². The average Bonchev–Trinajstić information content (AvgIpc) is 2.16. The van der Waals surface area contributed by atoms with E-state index in [0.717, 1.165) is 22.9 Å². The van der Waals surface area contributed by atoms with Crippen LogP contribution in [0.15, 0.2) is 28.7 Å². The first-order valence-corrected chi connectivity index (χ1v) is 6.39. The molecule has 0 aliphatic carbocycles. The van der Waals surface area contributed by atoms with Crippen molar-refractivity contribution in [2.75, 3.05) is 0 Å². The molecule has 0 aliphatic rings. The summed E-state index contributed by atoms with van der Waals surface area (Å²) in [4.78, 5) is 11.6. The Kier molecular flexibility index (Phi) is 5.71. The van der Waals surface area contributed by atoms with Crippen molar-refractivity contribution in [2.45, 2.75) is 38.6 Å². The number of carbonyl (C=O) groups excluding carboxylic acids is 1. The van der Waals surface area contributed by atoms with Gasteiger partial charge in [-0.3, -0.25) is 4.79 Å². The third-order valence-electron chi connectivity index (χ3n) is 2.41. The Morgan fingerprint density at radius 3 is 2.88 bits per heavy atom. The largest absolute Gasteiger partial charge is 0.328 e. The number of ketones is 1. The number of hydrogen-bond acceptors (Lipinski definition) is 2. The number of halogens is 1. The Balaban J connectivity index is 2.34. The van der Waals surface area contributed by atoms with Crippen LogP contribution in [0.3, 0.4) is 0 Å². The molecule has 0 fully saturated rings. The zero-order chi connectivity index (χ0) is 12.0. The summed E-state index contributed by atoms with van der Waals surface area (Å²) in [6.45, 7) is 1.97. The number of benzene rings is 1. The minimum absolute atomic E-state index is 0.193. The fourth-order valence-electron chi connectivity index (χ4n) is 1.58. The van der Waals surface area contributed by atoms with Crippen LogP contribution < -0.4 is 5.73 Å². The lowest BCUT2D eigenvalue weighted by molar-refractivity contribution is -0.118.